The second kappa shape index (κ2) is 5.53. The van der Waals surface area contributed by atoms with Gasteiger partial charge in [-0.2, -0.15) is 0 Å². The van der Waals surface area contributed by atoms with Crippen molar-refractivity contribution in [2.75, 3.05) is 11.1 Å². The Morgan fingerprint density at radius 3 is 2.30 bits per heavy atom. The van der Waals surface area contributed by atoms with Crippen LogP contribution in [0.5, 0.6) is 0 Å². The summed E-state index contributed by atoms with van der Waals surface area (Å²) < 4.78 is 5.62. The molecule has 0 fully saturated rings. The summed E-state index contributed by atoms with van der Waals surface area (Å²) in [7, 11) is -1.96. The molecule has 3 rings (SSSR count). The van der Waals surface area contributed by atoms with E-state index in [1.807, 2.05) is 43.9 Å². The molecule has 4 heteroatoms. The van der Waals surface area contributed by atoms with E-state index in [-0.39, 0.29) is 6.09 Å². The van der Waals surface area contributed by atoms with Gasteiger partial charge in [0.15, 0.2) is 0 Å². The van der Waals surface area contributed by atoms with Crippen molar-refractivity contribution in [2.24, 2.45) is 0 Å². The van der Waals surface area contributed by atoms with E-state index in [9.17, 15) is 4.79 Å². The molecule has 23 heavy (non-hydrogen) atoms. The molecule has 120 valence electrons. The molecule has 0 aliphatic carbocycles. The number of hydrogen-bond donors (Lipinski definition) is 0. The van der Waals surface area contributed by atoms with E-state index in [2.05, 4.69) is 42.9 Å². The van der Waals surface area contributed by atoms with Gasteiger partial charge in [-0.05, 0) is 32.0 Å². The Morgan fingerprint density at radius 1 is 1.04 bits per heavy atom. The van der Waals surface area contributed by atoms with Crippen LogP contribution in [-0.4, -0.2) is 25.9 Å². The van der Waals surface area contributed by atoms with E-state index in [0.717, 1.165) is 11.9 Å². The van der Waals surface area contributed by atoms with Crippen LogP contribution in [0.2, 0.25) is 6.55 Å². The van der Waals surface area contributed by atoms with Gasteiger partial charge in [-0.3, -0.25) is 4.90 Å². The lowest BCUT2D eigenvalue weighted by Crippen LogP contribution is -2.57. The molecule has 0 aromatic heterocycles. The second-order valence-corrected chi connectivity index (χ2v) is 11.4. The number of carbonyl (C=O) groups is 1. The summed E-state index contributed by atoms with van der Waals surface area (Å²) in [5.74, 6) is 0. The fraction of sp³-hybridized carbons (Fsp3) is 0.316. The lowest BCUT2D eigenvalue weighted by atomic mass is 10.2. The molecule has 1 unspecified atom stereocenters. The van der Waals surface area contributed by atoms with Crippen LogP contribution < -0.4 is 15.3 Å². The van der Waals surface area contributed by atoms with Crippen LogP contribution in [-0.2, 0) is 4.74 Å². The Balaban J connectivity index is 2.03. The van der Waals surface area contributed by atoms with E-state index in [0.29, 0.717) is 0 Å². The molecular weight excluding hydrogens is 302 g/mol. The predicted octanol–water partition coefficient (Wildman–Crippen LogP) is 3.17. The highest BCUT2D eigenvalue weighted by Crippen LogP contribution is 2.27. The Kier molecular flexibility index (Phi) is 3.80. The number of anilines is 1. The first-order chi connectivity index (χ1) is 10.8. The molecule has 1 aliphatic heterocycles. The number of para-hydroxylation sites is 1. The lowest BCUT2D eigenvalue weighted by Gasteiger charge is -2.27. The van der Waals surface area contributed by atoms with E-state index in [1.54, 1.807) is 0 Å². The van der Waals surface area contributed by atoms with Gasteiger partial charge in [-0.15, -0.1) is 0 Å². The average molecular weight is 325 g/mol. The second-order valence-electron chi connectivity index (χ2n) is 7.28. The van der Waals surface area contributed by atoms with Crippen LogP contribution in [0, 0.1) is 0 Å². The first kappa shape index (κ1) is 15.8. The van der Waals surface area contributed by atoms with Gasteiger partial charge >= 0.3 is 6.09 Å². The zero-order valence-electron chi connectivity index (χ0n) is 14.2. The third-order valence-electron chi connectivity index (χ3n) is 4.29. The minimum Gasteiger partial charge on any atom is -0.443 e. The zero-order valence-corrected chi connectivity index (χ0v) is 15.2. The Bertz CT molecular complexity index is 724. The molecule has 0 radical (unpaired) electrons. The summed E-state index contributed by atoms with van der Waals surface area (Å²) in [4.78, 5) is 14.5. The quantitative estimate of drug-likeness (QED) is 0.754. The third kappa shape index (κ3) is 2.91. The minimum absolute atomic E-state index is 0.253. The lowest BCUT2D eigenvalue weighted by molar-refractivity contribution is 0.0587. The van der Waals surface area contributed by atoms with E-state index < -0.39 is 13.7 Å². The molecule has 1 aliphatic rings. The first-order valence-electron chi connectivity index (χ1n) is 7.97. The molecule has 0 saturated heterocycles. The molecule has 1 heterocycles. The maximum Gasteiger partial charge on any atom is 0.414 e. The SMILES string of the molecule is CC(C)(C)OC(=O)N1C[Si](C)(c2ccccc2)c2ccccc21. The molecule has 0 bridgehead atoms. The number of hydrogen-bond acceptors (Lipinski definition) is 2. The number of benzene rings is 2. The molecule has 0 spiro atoms. The van der Waals surface area contributed by atoms with Crippen molar-refractivity contribution in [3.05, 3.63) is 54.6 Å². The third-order valence-corrected chi connectivity index (χ3v) is 8.46. The highest BCUT2D eigenvalue weighted by atomic mass is 28.3. The Morgan fingerprint density at radius 2 is 1.65 bits per heavy atom. The first-order valence-corrected chi connectivity index (χ1v) is 10.7. The summed E-state index contributed by atoms with van der Waals surface area (Å²) in [6, 6.07) is 18.8. The van der Waals surface area contributed by atoms with E-state index in [1.165, 1.54) is 10.4 Å². The minimum atomic E-state index is -1.96. The molecule has 0 saturated carbocycles. The average Bonchev–Trinajstić information content (AvgIpc) is 2.82. The number of amides is 1. The van der Waals surface area contributed by atoms with Crippen molar-refractivity contribution in [2.45, 2.75) is 32.9 Å². The molecule has 3 nitrogen and oxygen atoms in total. The highest BCUT2D eigenvalue weighted by molar-refractivity contribution is 7.04. The van der Waals surface area contributed by atoms with Crippen molar-refractivity contribution in [1.29, 1.82) is 0 Å². The van der Waals surface area contributed by atoms with Crippen LogP contribution >= 0.6 is 0 Å². The van der Waals surface area contributed by atoms with Gasteiger partial charge in [0.05, 0.1) is 0 Å². The standard InChI is InChI=1S/C19H23NO2Si/c1-19(2,3)22-18(21)20-14-23(4,15-10-6-5-7-11-15)17-13-9-8-12-16(17)20/h5-13H,14H2,1-4H3. The van der Waals surface area contributed by atoms with Crippen LogP contribution in [0.15, 0.2) is 54.6 Å². The molecular formula is C19H23NO2Si. The number of ether oxygens (including phenoxy) is 1. The fourth-order valence-corrected chi connectivity index (χ4v) is 6.97. The summed E-state index contributed by atoms with van der Waals surface area (Å²) in [6.07, 6.45) is 0.475. The van der Waals surface area contributed by atoms with Crippen molar-refractivity contribution in [1.82, 2.24) is 0 Å². The van der Waals surface area contributed by atoms with Gasteiger partial charge in [0, 0.05) is 11.9 Å². The van der Waals surface area contributed by atoms with Crippen molar-refractivity contribution in [3.8, 4) is 0 Å². The van der Waals surface area contributed by atoms with Gasteiger partial charge in [-0.25, -0.2) is 4.79 Å². The summed E-state index contributed by atoms with van der Waals surface area (Å²) in [5, 5.41) is 2.65. The van der Waals surface area contributed by atoms with Crippen LogP contribution in [0.4, 0.5) is 10.5 Å². The molecule has 0 N–H and O–H groups in total. The monoisotopic (exact) mass is 325 g/mol. The van der Waals surface area contributed by atoms with Crippen molar-refractivity contribution < 1.29 is 9.53 Å². The van der Waals surface area contributed by atoms with Gasteiger partial charge < -0.3 is 4.74 Å². The fourth-order valence-electron chi connectivity index (χ4n) is 3.19. The Labute approximate surface area is 138 Å². The largest absolute Gasteiger partial charge is 0.443 e. The Hall–Kier alpha value is -2.07. The van der Waals surface area contributed by atoms with Gasteiger partial charge in [0.2, 0.25) is 0 Å². The summed E-state index contributed by atoms with van der Waals surface area (Å²) >= 11 is 0. The number of nitrogens with zero attached hydrogens (tertiary/aromatic N) is 1. The van der Waals surface area contributed by atoms with E-state index >= 15 is 0 Å². The number of fused-ring (bicyclic) bond motifs is 1. The van der Waals surface area contributed by atoms with Gasteiger partial charge in [0.1, 0.15) is 13.7 Å². The molecule has 1 amide bonds. The van der Waals surface area contributed by atoms with Crippen molar-refractivity contribution in [3.63, 3.8) is 0 Å². The van der Waals surface area contributed by atoms with E-state index in [4.69, 9.17) is 4.74 Å². The molecule has 2 aromatic carbocycles. The molecule has 2 aromatic rings. The van der Waals surface area contributed by atoms with Crippen LogP contribution in [0.1, 0.15) is 20.8 Å². The zero-order chi connectivity index (χ0) is 16.7. The molecule has 1 atom stereocenters. The summed E-state index contributed by atoms with van der Waals surface area (Å²) in [6.45, 7) is 8.04. The smallest absolute Gasteiger partial charge is 0.414 e. The van der Waals surface area contributed by atoms with Crippen molar-refractivity contribution >= 4 is 30.2 Å². The maximum absolute atomic E-state index is 12.7. The topological polar surface area (TPSA) is 29.5 Å². The van der Waals surface area contributed by atoms with Gasteiger partial charge in [0.25, 0.3) is 0 Å². The number of rotatable bonds is 1. The van der Waals surface area contributed by atoms with Crippen LogP contribution in [0.3, 0.4) is 0 Å². The van der Waals surface area contributed by atoms with Gasteiger partial charge in [-0.1, -0.05) is 60.3 Å². The normalized spacial score (nSPS) is 20.3. The predicted molar refractivity (Wildman–Crippen MR) is 97.4 cm³/mol. The summed E-state index contributed by atoms with van der Waals surface area (Å²) in [5.41, 5.74) is 0.513. The van der Waals surface area contributed by atoms with Crippen LogP contribution in [0.25, 0.3) is 0 Å². The number of carbonyl (C=O) groups excluding carboxylic acids is 1. The highest BCUT2D eigenvalue weighted by Gasteiger charge is 2.45. The maximum atomic E-state index is 12.7.